The van der Waals surface area contributed by atoms with Crippen LogP contribution in [0, 0.1) is 0 Å². The summed E-state index contributed by atoms with van der Waals surface area (Å²) in [6.07, 6.45) is 4.42. The maximum absolute atomic E-state index is 11.6. The Morgan fingerprint density at radius 2 is 2.00 bits per heavy atom. The first-order valence-electron chi connectivity index (χ1n) is 5.93. The zero-order valence-corrected chi connectivity index (χ0v) is 11.3. The third-order valence-corrected chi connectivity index (χ3v) is 2.89. The number of benzene rings is 1. The molecular formula is C15H12ClNO3. The third kappa shape index (κ3) is 3.83. The van der Waals surface area contributed by atoms with Gasteiger partial charge in [0.1, 0.15) is 0 Å². The Balaban J connectivity index is 1.87. The molecule has 0 radical (unpaired) electrons. The number of Topliss-reactive ketones (excluding diaryl/α,β-unsaturated/α-hetero) is 1. The Bertz CT molecular complexity index is 632. The van der Waals surface area contributed by atoms with Crippen LogP contribution in [0.5, 0.6) is 0 Å². The van der Waals surface area contributed by atoms with E-state index in [1.54, 1.807) is 42.6 Å². The van der Waals surface area contributed by atoms with Crippen molar-refractivity contribution in [1.29, 1.82) is 0 Å². The van der Waals surface area contributed by atoms with Crippen LogP contribution >= 0.6 is 11.6 Å². The minimum atomic E-state index is -0.593. The van der Waals surface area contributed by atoms with Crippen molar-refractivity contribution in [1.82, 2.24) is 4.98 Å². The minimum Gasteiger partial charge on any atom is -0.454 e. The van der Waals surface area contributed by atoms with E-state index in [0.29, 0.717) is 16.3 Å². The number of nitrogens with one attached hydrogen (secondary N) is 1. The van der Waals surface area contributed by atoms with Crippen molar-refractivity contribution >= 4 is 29.4 Å². The number of aromatic amines is 1. The van der Waals surface area contributed by atoms with Crippen LogP contribution in [0.15, 0.2) is 48.7 Å². The van der Waals surface area contributed by atoms with Gasteiger partial charge < -0.3 is 9.72 Å². The molecule has 102 valence electrons. The minimum absolute atomic E-state index is 0.283. The van der Waals surface area contributed by atoms with E-state index in [1.165, 1.54) is 6.08 Å². The van der Waals surface area contributed by atoms with Gasteiger partial charge in [0.05, 0.1) is 5.69 Å². The van der Waals surface area contributed by atoms with E-state index in [2.05, 4.69) is 4.98 Å². The molecule has 1 aromatic heterocycles. The standard InChI is InChI=1S/C15H12ClNO3/c16-12-5-2-1-4-11(12)7-8-15(19)20-10-14(18)13-6-3-9-17-13/h1-9,17H,10H2/b8-7+. The smallest absolute Gasteiger partial charge is 0.331 e. The Kier molecular flexibility index (Phi) is 4.74. The Morgan fingerprint density at radius 1 is 1.20 bits per heavy atom. The van der Waals surface area contributed by atoms with Gasteiger partial charge in [-0.2, -0.15) is 0 Å². The molecule has 4 nitrogen and oxygen atoms in total. The highest BCUT2D eigenvalue weighted by Gasteiger charge is 2.08. The predicted molar refractivity (Wildman–Crippen MR) is 76.6 cm³/mol. The first kappa shape index (κ1) is 14.1. The van der Waals surface area contributed by atoms with Gasteiger partial charge in [0.2, 0.25) is 5.78 Å². The summed E-state index contributed by atoms with van der Waals surface area (Å²) >= 11 is 5.94. The molecule has 0 aliphatic carbocycles. The van der Waals surface area contributed by atoms with Crippen LogP contribution < -0.4 is 0 Å². The van der Waals surface area contributed by atoms with Gasteiger partial charge in [0.25, 0.3) is 0 Å². The molecule has 0 saturated carbocycles. The molecule has 0 unspecified atom stereocenters. The summed E-state index contributed by atoms with van der Waals surface area (Å²) in [4.78, 5) is 25.8. The average Bonchev–Trinajstić information content (AvgIpc) is 2.98. The molecule has 0 fully saturated rings. The second-order valence-electron chi connectivity index (χ2n) is 3.97. The van der Waals surface area contributed by atoms with E-state index >= 15 is 0 Å². The van der Waals surface area contributed by atoms with E-state index < -0.39 is 5.97 Å². The van der Waals surface area contributed by atoms with Crippen LogP contribution in [0.25, 0.3) is 6.08 Å². The summed E-state index contributed by atoms with van der Waals surface area (Å²) in [5.41, 5.74) is 1.12. The van der Waals surface area contributed by atoms with Crippen molar-refractivity contribution in [2.75, 3.05) is 6.61 Å². The van der Waals surface area contributed by atoms with E-state index in [4.69, 9.17) is 16.3 Å². The summed E-state index contributed by atoms with van der Waals surface area (Å²) < 4.78 is 4.85. The molecule has 1 aromatic carbocycles. The van der Waals surface area contributed by atoms with E-state index in [1.807, 2.05) is 6.07 Å². The molecule has 0 saturated heterocycles. The topological polar surface area (TPSA) is 59.2 Å². The fraction of sp³-hybridized carbons (Fsp3) is 0.0667. The van der Waals surface area contributed by atoms with E-state index in [0.717, 1.165) is 0 Å². The van der Waals surface area contributed by atoms with Crippen molar-refractivity contribution in [2.45, 2.75) is 0 Å². The lowest BCUT2D eigenvalue weighted by atomic mass is 10.2. The number of hydrogen-bond donors (Lipinski definition) is 1. The van der Waals surface area contributed by atoms with Crippen LogP contribution in [-0.2, 0) is 9.53 Å². The van der Waals surface area contributed by atoms with Crippen LogP contribution in [0.1, 0.15) is 16.1 Å². The van der Waals surface area contributed by atoms with Crippen molar-refractivity contribution in [3.8, 4) is 0 Å². The fourth-order valence-electron chi connectivity index (χ4n) is 1.53. The van der Waals surface area contributed by atoms with E-state index in [9.17, 15) is 9.59 Å². The van der Waals surface area contributed by atoms with Crippen LogP contribution in [0.4, 0.5) is 0 Å². The molecule has 2 rings (SSSR count). The van der Waals surface area contributed by atoms with Gasteiger partial charge in [0.15, 0.2) is 6.61 Å². The van der Waals surface area contributed by atoms with Crippen molar-refractivity contribution in [2.24, 2.45) is 0 Å². The highest BCUT2D eigenvalue weighted by Crippen LogP contribution is 2.16. The molecule has 1 N–H and O–H groups in total. The summed E-state index contributed by atoms with van der Waals surface area (Å²) in [6, 6.07) is 10.4. The molecule has 0 spiro atoms. The number of aromatic nitrogens is 1. The maximum Gasteiger partial charge on any atom is 0.331 e. The van der Waals surface area contributed by atoms with Crippen molar-refractivity contribution in [3.63, 3.8) is 0 Å². The largest absolute Gasteiger partial charge is 0.454 e. The summed E-state index contributed by atoms with van der Waals surface area (Å²) in [5.74, 6) is -0.876. The number of H-pyrrole nitrogens is 1. The first-order valence-corrected chi connectivity index (χ1v) is 6.30. The van der Waals surface area contributed by atoms with Gasteiger partial charge in [-0.05, 0) is 29.8 Å². The van der Waals surface area contributed by atoms with Gasteiger partial charge in [-0.3, -0.25) is 4.79 Å². The lowest BCUT2D eigenvalue weighted by Crippen LogP contribution is -2.12. The molecule has 5 heteroatoms. The number of ketones is 1. The summed E-state index contributed by atoms with van der Waals surface area (Å²) in [6.45, 7) is -0.299. The molecule has 0 amide bonds. The molecule has 0 aliphatic heterocycles. The number of carbonyl (C=O) groups is 2. The fourth-order valence-corrected chi connectivity index (χ4v) is 1.73. The molecule has 2 aromatic rings. The molecule has 20 heavy (non-hydrogen) atoms. The number of carbonyl (C=O) groups excluding carboxylic acids is 2. The SMILES string of the molecule is O=C(/C=C/c1ccccc1Cl)OCC(=O)c1ccc[nH]1. The predicted octanol–water partition coefficient (Wildman–Crippen LogP) is 3.11. The highest BCUT2D eigenvalue weighted by molar-refractivity contribution is 6.32. The molecule has 0 aliphatic rings. The second kappa shape index (κ2) is 6.73. The quantitative estimate of drug-likeness (QED) is 0.523. The zero-order chi connectivity index (χ0) is 14.4. The number of rotatable bonds is 5. The summed E-state index contributed by atoms with van der Waals surface area (Å²) in [5, 5.41) is 0.541. The molecular weight excluding hydrogens is 278 g/mol. The van der Waals surface area contributed by atoms with Crippen LogP contribution in [0.2, 0.25) is 5.02 Å². The highest BCUT2D eigenvalue weighted by atomic mass is 35.5. The number of esters is 1. The average molecular weight is 290 g/mol. The van der Waals surface area contributed by atoms with Crippen molar-refractivity contribution < 1.29 is 14.3 Å². The molecule has 1 heterocycles. The number of halogens is 1. The van der Waals surface area contributed by atoms with Gasteiger partial charge in [-0.25, -0.2) is 4.79 Å². The van der Waals surface area contributed by atoms with Crippen LogP contribution in [0.3, 0.4) is 0 Å². The normalized spacial score (nSPS) is 10.7. The number of hydrogen-bond acceptors (Lipinski definition) is 3. The third-order valence-electron chi connectivity index (χ3n) is 2.55. The lowest BCUT2D eigenvalue weighted by molar-refractivity contribution is -0.136. The zero-order valence-electron chi connectivity index (χ0n) is 10.5. The van der Waals surface area contributed by atoms with Gasteiger partial charge in [0, 0.05) is 17.3 Å². The first-order chi connectivity index (χ1) is 9.66. The van der Waals surface area contributed by atoms with Crippen LogP contribution in [-0.4, -0.2) is 23.3 Å². The van der Waals surface area contributed by atoms with Gasteiger partial charge in [-0.15, -0.1) is 0 Å². The summed E-state index contributed by atoms with van der Waals surface area (Å²) in [7, 11) is 0. The Morgan fingerprint density at radius 3 is 2.70 bits per heavy atom. The van der Waals surface area contributed by atoms with E-state index in [-0.39, 0.29) is 12.4 Å². The Hall–Kier alpha value is -2.33. The second-order valence-corrected chi connectivity index (χ2v) is 4.38. The van der Waals surface area contributed by atoms with Gasteiger partial charge in [-0.1, -0.05) is 29.8 Å². The molecule has 0 atom stereocenters. The number of ether oxygens (including phenoxy) is 1. The van der Waals surface area contributed by atoms with Crippen molar-refractivity contribution in [3.05, 3.63) is 65.0 Å². The maximum atomic E-state index is 11.6. The monoisotopic (exact) mass is 289 g/mol. The Labute approximate surface area is 121 Å². The van der Waals surface area contributed by atoms with Gasteiger partial charge >= 0.3 is 5.97 Å². The lowest BCUT2D eigenvalue weighted by Gasteiger charge is -2.00. The molecule has 0 bridgehead atoms.